The second-order valence-corrected chi connectivity index (χ2v) is 4.40. The topological polar surface area (TPSA) is 24.9 Å². The van der Waals surface area contributed by atoms with Crippen molar-refractivity contribution in [2.45, 2.75) is 0 Å². The summed E-state index contributed by atoms with van der Waals surface area (Å²) in [6.07, 6.45) is 1.68. The third-order valence-electron chi connectivity index (χ3n) is 2.78. The van der Waals surface area contributed by atoms with Crippen molar-refractivity contribution in [3.05, 3.63) is 65.8 Å². The van der Waals surface area contributed by atoms with Gasteiger partial charge in [0.25, 0.3) is 0 Å². The van der Waals surface area contributed by atoms with Gasteiger partial charge in [-0.05, 0) is 12.1 Å². The molecule has 3 rings (SSSR count). The first-order valence-corrected chi connectivity index (χ1v) is 6.08. The predicted octanol–water partition coefficient (Wildman–Crippen LogP) is 4.63. The summed E-state index contributed by atoms with van der Waals surface area (Å²) in [4.78, 5) is 4.36. The number of hydrogen-bond donors (Lipinski definition) is 1. The highest BCUT2D eigenvalue weighted by Gasteiger charge is 2.05. The van der Waals surface area contributed by atoms with Crippen LogP contribution in [-0.4, -0.2) is 4.98 Å². The molecule has 0 saturated heterocycles. The SMILES string of the molecule is Clc1cnc(Nc2ccccc2)c2ccccc12. The first kappa shape index (κ1) is 11.1. The second-order valence-electron chi connectivity index (χ2n) is 3.99. The van der Waals surface area contributed by atoms with E-state index in [2.05, 4.69) is 10.3 Å². The molecule has 3 heteroatoms. The van der Waals surface area contributed by atoms with E-state index >= 15 is 0 Å². The molecule has 0 aliphatic rings. The minimum Gasteiger partial charge on any atom is -0.340 e. The Bertz CT molecular complexity index is 680. The van der Waals surface area contributed by atoms with Crippen LogP contribution in [0.2, 0.25) is 5.02 Å². The van der Waals surface area contributed by atoms with E-state index in [-0.39, 0.29) is 0 Å². The third kappa shape index (κ3) is 2.03. The van der Waals surface area contributed by atoms with Crippen LogP contribution in [0.3, 0.4) is 0 Å². The summed E-state index contributed by atoms with van der Waals surface area (Å²) < 4.78 is 0. The van der Waals surface area contributed by atoms with Gasteiger partial charge in [0, 0.05) is 22.7 Å². The van der Waals surface area contributed by atoms with E-state index in [1.807, 2.05) is 54.6 Å². The molecular formula is C15H11ClN2. The fraction of sp³-hybridized carbons (Fsp3) is 0. The Balaban J connectivity index is 2.10. The Morgan fingerprint density at radius 1 is 0.833 bits per heavy atom. The quantitative estimate of drug-likeness (QED) is 0.721. The number of fused-ring (bicyclic) bond motifs is 1. The maximum absolute atomic E-state index is 6.14. The van der Waals surface area contributed by atoms with Gasteiger partial charge in [0.2, 0.25) is 0 Å². The van der Waals surface area contributed by atoms with Crippen molar-refractivity contribution in [3.8, 4) is 0 Å². The van der Waals surface area contributed by atoms with E-state index in [9.17, 15) is 0 Å². The molecule has 0 radical (unpaired) electrons. The lowest BCUT2D eigenvalue weighted by molar-refractivity contribution is 1.34. The minimum absolute atomic E-state index is 0.671. The summed E-state index contributed by atoms with van der Waals surface area (Å²) in [6, 6.07) is 17.9. The molecule has 88 valence electrons. The third-order valence-corrected chi connectivity index (χ3v) is 3.08. The van der Waals surface area contributed by atoms with Crippen molar-refractivity contribution in [2.24, 2.45) is 0 Å². The number of hydrogen-bond acceptors (Lipinski definition) is 2. The largest absolute Gasteiger partial charge is 0.340 e. The maximum atomic E-state index is 6.14. The first-order chi connectivity index (χ1) is 8.84. The van der Waals surface area contributed by atoms with Crippen LogP contribution in [0.1, 0.15) is 0 Å². The van der Waals surface area contributed by atoms with Gasteiger partial charge in [-0.15, -0.1) is 0 Å². The zero-order valence-electron chi connectivity index (χ0n) is 9.60. The van der Waals surface area contributed by atoms with Gasteiger partial charge in [0.05, 0.1) is 5.02 Å². The van der Waals surface area contributed by atoms with Crippen molar-refractivity contribution in [3.63, 3.8) is 0 Å². The summed E-state index contributed by atoms with van der Waals surface area (Å²) in [5.74, 6) is 0.821. The van der Waals surface area contributed by atoms with Crippen molar-refractivity contribution in [2.75, 3.05) is 5.32 Å². The average Bonchev–Trinajstić information content (AvgIpc) is 2.44. The molecule has 0 fully saturated rings. The fourth-order valence-corrected chi connectivity index (χ4v) is 2.13. The van der Waals surface area contributed by atoms with E-state index in [0.29, 0.717) is 5.02 Å². The van der Waals surface area contributed by atoms with Gasteiger partial charge in [0.15, 0.2) is 0 Å². The normalized spacial score (nSPS) is 10.5. The van der Waals surface area contributed by atoms with Gasteiger partial charge in [-0.1, -0.05) is 54.1 Å². The molecule has 0 unspecified atom stereocenters. The Morgan fingerprint density at radius 3 is 2.28 bits per heavy atom. The zero-order chi connectivity index (χ0) is 12.4. The first-order valence-electron chi connectivity index (χ1n) is 5.70. The standard InChI is InChI=1S/C15H11ClN2/c16-14-10-17-15(13-9-5-4-8-12(13)14)18-11-6-2-1-3-7-11/h1-10H,(H,17,18). The van der Waals surface area contributed by atoms with Crippen LogP contribution in [0.15, 0.2) is 60.8 Å². The number of halogens is 1. The molecule has 0 spiro atoms. The van der Waals surface area contributed by atoms with Gasteiger partial charge in [0.1, 0.15) is 5.82 Å². The monoisotopic (exact) mass is 254 g/mol. The lowest BCUT2D eigenvalue weighted by Gasteiger charge is -2.09. The molecule has 1 aromatic heterocycles. The molecule has 0 aliphatic heterocycles. The highest BCUT2D eigenvalue weighted by molar-refractivity contribution is 6.35. The summed E-state index contributed by atoms with van der Waals surface area (Å²) in [5.41, 5.74) is 1.01. The van der Waals surface area contributed by atoms with Crippen LogP contribution in [-0.2, 0) is 0 Å². The molecule has 2 nitrogen and oxygen atoms in total. The van der Waals surface area contributed by atoms with Crippen LogP contribution in [0.25, 0.3) is 10.8 Å². The van der Waals surface area contributed by atoms with Crippen LogP contribution >= 0.6 is 11.6 Å². The van der Waals surface area contributed by atoms with Gasteiger partial charge >= 0.3 is 0 Å². The number of nitrogens with zero attached hydrogens (tertiary/aromatic N) is 1. The van der Waals surface area contributed by atoms with Crippen LogP contribution < -0.4 is 5.32 Å². The number of pyridine rings is 1. The Kier molecular flexibility index (Phi) is 2.87. The molecule has 0 bridgehead atoms. The van der Waals surface area contributed by atoms with Gasteiger partial charge < -0.3 is 5.32 Å². The van der Waals surface area contributed by atoms with E-state index in [1.165, 1.54) is 0 Å². The molecule has 2 aromatic carbocycles. The lowest BCUT2D eigenvalue weighted by Crippen LogP contribution is -1.94. The Hall–Kier alpha value is -2.06. The van der Waals surface area contributed by atoms with Crippen molar-refractivity contribution >= 4 is 33.9 Å². The molecule has 1 heterocycles. The number of nitrogens with one attached hydrogen (secondary N) is 1. The number of benzene rings is 2. The van der Waals surface area contributed by atoms with E-state index in [1.54, 1.807) is 6.20 Å². The molecule has 0 atom stereocenters. The summed E-state index contributed by atoms with van der Waals surface area (Å²) in [5, 5.41) is 6.00. The zero-order valence-corrected chi connectivity index (χ0v) is 10.4. The van der Waals surface area contributed by atoms with Crippen LogP contribution in [0.5, 0.6) is 0 Å². The lowest BCUT2D eigenvalue weighted by atomic mass is 10.1. The average molecular weight is 255 g/mol. The molecule has 0 saturated carbocycles. The molecule has 0 amide bonds. The van der Waals surface area contributed by atoms with Crippen molar-refractivity contribution in [1.82, 2.24) is 4.98 Å². The smallest absolute Gasteiger partial charge is 0.138 e. The molecule has 1 N–H and O–H groups in total. The minimum atomic E-state index is 0.671. The summed E-state index contributed by atoms with van der Waals surface area (Å²) in [6.45, 7) is 0. The number of aromatic nitrogens is 1. The van der Waals surface area contributed by atoms with Gasteiger partial charge in [-0.3, -0.25) is 0 Å². The van der Waals surface area contributed by atoms with Crippen LogP contribution in [0, 0.1) is 0 Å². The molecular weight excluding hydrogens is 244 g/mol. The molecule has 18 heavy (non-hydrogen) atoms. The van der Waals surface area contributed by atoms with Gasteiger partial charge in [-0.25, -0.2) is 4.98 Å². The highest BCUT2D eigenvalue weighted by Crippen LogP contribution is 2.29. The molecule has 3 aromatic rings. The number of rotatable bonds is 2. The summed E-state index contributed by atoms with van der Waals surface area (Å²) in [7, 11) is 0. The van der Waals surface area contributed by atoms with Crippen molar-refractivity contribution in [1.29, 1.82) is 0 Å². The second kappa shape index (κ2) is 4.67. The number of para-hydroxylation sites is 1. The number of anilines is 2. The summed E-state index contributed by atoms with van der Waals surface area (Å²) >= 11 is 6.14. The van der Waals surface area contributed by atoms with Gasteiger partial charge in [-0.2, -0.15) is 0 Å². The molecule has 0 aliphatic carbocycles. The fourth-order valence-electron chi connectivity index (χ4n) is 1.92. The predicted molar refractivity (Wildman–Crippen MR) is 76.5 cm³/mol. The van der Waals surface area contributed by atoms with E-state index < -0.39 is 0 Å². The van der Waals surface area contributed by atoms with E-state index in [4.69, 9.17) is 11.6 Å². The maximum Gasteiger partial charge on any atom is 0.138 e. The van der Waals surface area contributed by atoms with Crippen molar-refractivity contribution < 1.29 is 0 Å². The van der Waals surface area contributed by atoms with E-state index in [0.717, 1.165) is 22.3 Å². The highest BCUT2D eigenvalue weighted by atomic mass is 35.5. The van der Waals surface area contributed by atoms with Crippen LogP contribution in [0.4, 0.5) is 11.5 Å². The Morgan fingerprint density at radius 2 is 1.50 bits per heavy atom. The Labute approximate surface area is 110 Å².